The number of carbonyl (C=O) groups is 2. The number of aromatic nitrogens is 1. The van der Waals surface area contributed by atoms with Crippen molar-refractivity contribution >= 4 is 52.4 Å². The molecule has 0 aliphatic carbocycles. The lowest BCUT2D eigenvalue weighted by atomic mass is 10.1. The minimum Gasteiger partial charge on any atom is -0.495 e. The first kappa shape index (κ1) is 35.1. The molecule has 1 aliphatic heterocycles. The Morgan fingerprint density at radius 1 is 0.957 bits per heavy atom. The highest BCUT2D eigenvalue weighted by atomic mass is 35.5. The van der Waals surface area contributed by atoms with E-state index >= 15 is 0 Å². The predicted octanol–water partition coefficient (Wildman–Crippen LogP) is 5.95. The van der Waals surface area contributed by atoms with Gasteiger partial charge >= 0.3 is 0 Å². The van der Waals surface area contributed by atoms with Gasteiger partial charge in [-0.15, -0.1) is 12.4 Å². The number of fused-ring (bicyclic) bond motifs is 1. The summed E-state index contributed by atoms with van der Waals surface area (Å²) in [6.45, 7) is 6.00. The van der Waals surface area contributed by atoms with E-state index in [4.69, 9.17) is 9.47 Å². The molecule has 248 valence electrons. The lowest BCUT2D eigenvalue weighted by Crippen LogP contribution is -2.44. The Kier molecular flexibility index (Phi) is 12.1. The summed E-state index contributed by atoms with van der Waals surface area (Å²) < 4.78 is 11.7. The third-order valence-electron chi connectivity index (χ3n) is 8.36. The molecule has 2 heterocycles. The zero-order chi connectivity index (χ0) is 32.6. The summed E-state index contributed by atoms with van der Waals surface area (Å²) in [6.07, 6.45) is 4.05. The van der Waals surface area contributed by atoms with Crippen LogP contribution in [0, 0.1) is 6.92 Å². The van der Waals surface area contributed by atoms with E-state index in [9.17, 15) is 14.4 Å². The Hall–Kier alpha value is -4.76. The van der Waals surface area contributed by atoms with E-state index in [1.54, 1.807) is 42.3 Å². The van der Waals surface area contributed by atoms with Crippen molar-refractivity contribution in [2.45, 2.75) is 26.2 Å². The molecule has 0 saturated carbocycles. The molecule has 0 spiro atoms. The molecule has 1 fully saturated rings. The lowest BCUT2D eigenvalue weighted by molar-refractivity contribution is 0.0990. The van der Waals surface area contributed by atoms with Crippen LogP contribution in [0.15, 0.2) is 72.6 Å². The molecular formula is C36H42ClN5O5. The zero-order valence-electron chi connectivity index (χ0n) is 27.3. The van der Waals surface area contributed by atoms with E-state index in [-0.39, 0.29) is 24.2 Å². The molecule has 0 radical (unpaired) electrons. The molecular weight excluding hydrogens is 618 g/mol. The van der Waals surface area contributed by atoms with Crippen LogP contribution < -0.4 is 19.7 Å². The number of H-pyrrole nitrogens is 1. The van der Waals surface area contributed by atoms with Gasteiger partial charge < -0.3 is 34.5 Å². The molecule has 4 aromatic rings. The highest BCUT2D eigenvalue weighted by molar-refractivity contribution is 6.09. The van der Waals surface area contributed by atoms with Gasteiger partial charge in [-0.2, -0.15) is 0 Å². The second kappa shape index (κ2) is 16.2. The molecule has 0 bridgehead atoms. The van der Waals surface area contributed by atoms with Crippen LogP contribution in [0.4, 0.5) is 11.4 Å². The normalized spacial score (nSPS) is 13.0. The van der Waals surface area contributed by atoms with Gasteiger partial charge in [0.2, 0.25) is 0 Å². The van der Waals surface area contributed by atoms with Crippen LogP contribution in [-0.2, 0) is 4.79 Å². The molecule has 0 atom stereocenters. The lowest BCUT2D eigenvalue weighted by Gasteiger charge is -2.34. The van der Waals surface area contributed by atoms with Gasteiger partial charge in [-0.05, 0) is 92.7 Å². The first-order chi connectivity index (χ1) is 22.3. The summed E-state index contributed by atoms with van der Waals surface area (Å²) >= 11 is 0. The van der Waals surface area contributed by atoms with Gasteiger partial charge in [-0.25, -0.2) is 4.79 Å². The number of nitrogens with one attached hydrogen (secondary N) is 2. The number of benzene rings is 3. The minimum absolute atomic E-state index is 0. The first-order valence-electron chi connectivity index (χ1n) is 15.5. The number of hydrogen-bond acceptors (Lipinski definition) is 7. The molecule has 10 nitrogen and oxygen atoms in total. The SMILES string of the molecule is COc1cc(C(=O)N(C)c2ccc(C)cc2OCCCCC(=C=O)N2CCN(C)CC2)ccc1NC(=O)c1ccc2cc[nH]c2c1.Cl. The van der Waals surface area contributed by atoms with Crippen LogP contribution in [0.25, 0.3) is 10.9 Å². The van der Waals surface area contributed by atoms with E-state index < -0.39 is 0 Å². The van der Waals surface area contributed by atoms with E-state index in [1.165, 1.54) is 7.11 Å². The third-order valence-corrected chi connectivity index (χ3v) is 8.36. The standard InChI is InChI=1S/C36H41N5O5.ClH/c1-25-8-13-32(34(21-25)46-20-6-5-7-29(24-42)41-18-16-39(2)17-19-41)40(3)36(44)28-11-12-30(33(23-28)45-4)38-35(43)27-10-9-26-14-15-37-31(26)22-27;/h8-15,21-23,37H,5-7,16-20H2,1-4H3,(H,38,43);1H. The van der Waals surface area contributed by atoms with Crippen molar-refractivity contribution in [3.8, 4) is 11.5 Å². The van der Waals surface area contributed by atoms with Crippen LogP contribution in [0.1, 0.15) is 45.5 Å². The number of amides is 2. The number of anilines is 2. The van der Waals surface area contributed by atoms with Gasteiger partial charge in [-0.1, -0.05) is 12.1 Å². The fourth-order valence-corrected chi connectivity index (χ4v) is 5.55. The number of carbonyl (C=O) groups excluding carboxylic acids is 3. The van der Waals surface area contributed by atoms with Crippen LogP contribution >= 0.6 is 12.4 Å². The summed E-state index contributed by atoms with van der Waals surface area (Å²) in [5.41, 5.74) is 4.60. The molecule has 5 rings (SSSR count). The zero-order valence-corrected chi connectivity index (χ0v) is 28.1. The fraction of sp³-hybridized carbons (Fsp3) is 0.333. The van der Waals surface area contributed by atoms with Gasteiger partial charge in [0, 0.05) is 56.1 Å². The van der Waals surface area contributed by atoms with Gasteiger partial charge in [-0.3, -0.25) is 9.59 Å². The minimum atomic E-state index is -0.287. The van der Waals surface area contributed by atoms with Crippen molar-refractivity contribution in [1.29, 1.82) is 0 Å². The Morgan fingerprint density at radius 2 is 1.72 bits per heavy atom. The summed E-state index contributed by atoms with van der Waals surface area (Å²) in [4.78, 5) is 47.3. The quantitative estimate of drug-likeness (QED) is 0.143. The number of piperazine rings is 1. The average molecular weight is 660 g/mol. The van der Waals surface area contributed by atoms with Crippen LogP contribution in [0.2, 0.25) is 0 Å². The van der Waals surface area contributed by atoms with Gasteiger partial charge in [0.15, 0.2) is 0 Å². The van der Waals surface area contributed by atoms with Crippen molar-refractivity contribution in [3.05, 3.63) is 89.2 Å². The maximum atomic E-state index is 13.6. The molecule has 0 unspecified atom stereocenters. The Labute approximate surface area is 281 Å². The average Bonchev–Trinajstić information content (AvgIpc) is 3.55. The molecule has 47 heavy (non-hydrogen) atoms. The smallest absolute Gasteiger partial charge is 0.258 e. The number of ether oxygens (including phenoxy) is 2. The number of likely N-dealkylation sites (N-methyl/N-ethyl adjacent to an activating group) is 1. The number of hydrogen-bond donors (Lipinski definition) is 2. The third kappa shape index (κ3) is 8.54. The fourth-order valence-electron chi connectivity index (χ4n) is 5.55. The summed E-state index contributed by atoms with van der Waals surface area (Å²) in [5.74, 6) is 2.58. The second-order valence-electron chi connectivity index (χ2n) is 11.6. The number of unbranched alkanes of at least 4 members (excludes halogenated alkanes) is 1. The molecule has 11 heteroatoms. The van der Waals surface area contributed by atoms with Gasteiger partial charge in [0.1, 0.15) is 17.4 Å². The van der Waals surface area contributed by atoms with E-state index in [0.717, 1.165) is 61.2 Å². The van der Waals surface area contributed by atoms with E-state index in [0.29, 0.717) is 47.0 Å². The van der Waals surface area contributed by atoms with Crippen molar-refractivity contribution in [2.24, 2.45) is 0 Å². The number of methoxy groups -OCH3 is 1. The number of allylic oxidation sites excluding steroid dienone is 1. The predicted molar refractivity (Wildman–Crippen MR) is 188 cm³/mol. The monoisotopic (exact) mass is 659 g/mol. The summed E-state index contributed by atoms with van der Waals surface area (Å²) in [6, 6.07) is 18.1. The molecule has 1 saturated heterocycles. The van der Waals surface area contributed by atoms with Crippen LogP contribution in [0.5, 0.6) is 11.5 Å². The number of aromatic amines is 1. The number of nitrogens with zero attached hydrogens (tertiary/aromatic N) is 3. The number of halogens is 1. The number of aryl methyl sites for hydroxylation is 1. The maximum absolute atomic E-state index is 13.6. The van der Waals surface area contributed by atoms with Crippen molar-refractivity contribution in [1.82, 2.24) is 14.8 Å². The molecule has 1 aliphatic rings. The molecule has 2 amide bonds. The van der Waals surface area contributed by atoms with E-state index in [1.807, 2.05) is 43.5 Å². The summed E-state index contributed by atoms with van der Waals surface area (Å²) in [5, 5.41) is 3.91. The topological polar surface area (TPSA) is 107 Å². The Balaban J connectivity index is 0.00000500. The number of rotatable bonds is 12. The maximum Gasteiger partial charge on any atom is 0.258 e. The van der Waals surface area contributed by atoms with Gasteiger partial charge in [0.25, 0.3) is 11.8 Å². The van der Waals surface area contributed by atoms with Crippen molar-refractivity contribution < 1.29 is 23.9 Å². The van der Waals surface area contributed by atoms with E-state index in [2.05, 4.69) is 33.1 Å². The molecule has 2 N–H and O–H groups in total. The highest BCUT2D eigenvalue weighted by Gasteiger charge is 2.21. The molecule has 3 aromatic carbocycles. The van der Waals surface area contributed by atoms with Crippen molar-refractivity contribution in [2.75, 3.05) is 64.2 Å². The largest absolute Gasteiger partial charge is 0.495 e. The van der Waals surface area contributed by atoms with Crippen LogP contribution in [-0.4, -0.2) is 86.5 Å². The second-order valence-corrected chi connectivity index (χ2v) is 11.6. The first-order valence-corrected chi connectivity index (χ1v) is 15.5. The van der Waals surface area contributed by atoms with Gasteiger partial charge in [0.05, 0.1) is 30.8 Å². The highest BCUT2D eigenvalue weighted by Crippen LogP contribution is 2.32. The van der Waals surface area contributed by atoms with Crippen molar-refractivity contribution in [3.63, 3.8) is 0 Å². The Morgan fingerprint density at radius 3 is 2.47 bits per heavy atom. The Bertz CT molecular complexity index is 1760. The molecule has 1 aromatic heterocycles. The van der Waals surface area contributed by atoms with Crippen LogP contribution in [0.3, 0.4) is 0 Å². The summed E-state index contributed by atoms with van der Waals surface area (Å²) in [7, 11) is 5.29.